The number of carboxylic acids is 1. The molecule has 0 unspecified atom stereocenters. The Morgan fingerprint density at radius 2 is 1.84 bits per heavy atom. The first-order valence-corrected chi connectivity index (χ1v) is 9.23. The fourth-order valence-electron chi connectivity index (χ4n) is 2.67. The Bertz CT molecular complexity index is 874. The second kappa shape index (κ2) is 7.62. The highest BCUT2D eigenvalue weighted by molar-refractivity contribution is 7.19. The van der Waals surface area contributed by atoms with Crippen LogP contribution in [0.1, 0.15) is 48.7 Å². The summed E-state index contributed by atoms with van der Waals surface area (Å²) in [6, 6.07) is 16.4. The van der Waals surface area contributed by atoms with Gasteiger partial charge in [0.2, 0.25) is 0 Å². The van der Waals surface area contributed by atoms with Crippen LogP contribution < -0.4 is 0 Å². The Balaban J connectivity index is 1.96. The molecule has 3 nitrogen and oxygen atoms in total. The molecule has 2 aromatic carbocycles. The third kappa shape index (κ3) is 4.34. The molecule has 0 aliphatic carbocycles. The van der Waals surface area contributed by atoms with Crippen LogP contribution in [0.4, 0.5) is 0 Å². The van der Waals surface area contributed by atoms with E-state index in [1.54, 1.807) is 11.3 Å². The number of nitrogens with zero attached hydrogens (tertiary/aromatic N) is 1. The van der Waals surface area contributed by atoms with E-state index < -0.39 is 5.97 Å². The quantitative estimate of drug-likeness (QED) is 0.608. The molecule has 25 heavy (non-hydrogen) atoms. The fraction of sp³-hybridized carbons (Fsp3) is 0.238. The number of para-hydroxylation sites is 1. The van der Waals surface area contributed by atoms with E-state index in [9.17, 15) is 4.79 Å². The Kier molecular flexibility index (Phi) is 5.29. The standard InChI is InChI=1S/C21H21NO2S/c1-14(2)16-9-7-15(8-10-16)13-17(11-12-20(23)24)21-22-18-5-3-4-6-19(18)25-21/h3-10,13-14H,11-12H2,1-2H3,(H,23,24)/b17-13+. The van der Waals surface area contributed by atoms with Gasteiger partial charge in [0.1, 0.15) is 5.01 Å². The normalized spacial score (nSPS) is 12.0. The first-order valence-electron chi connectivity index (χ1n) is 8.41. The number of aliphatic carboxylic acids is 1. The molecule has 1 N–H and O–H groups in total. The number of allylic oxidation sites excluding steroid dienone is 1. The molecule has 0 aliphatic heterocycles. The second-order valence-corrected chi connectivity index (χ2v) is 7.40. The van der Waals surface area contributed by atoms with Crippen LogP contribution in [0.3, 0.4) is 0 Å². The molecule has 128 valence electrons. The summed E-state index contributed by atoms with van der Waals surface area (Å²) in [6.45, 7) is 4.34. The van der Waals surface area contributed by atoms with E-state index in [4.69, 9.17) is 10.1 Å². The van der Waals surface area contributed by atoms with Crippen molar-refractivity contribution >= 4 is 39.2 Å². The van der Waals surface area contributed by atoms with Crippen molar-refractivity contribution in [2.24, 2.45) is 0 Å². The van der Waals surface area contributed by atoms with Crippen molar-refractivity contribution < 1.29 is 9.90 Å². The fourth-order valence-corrected chi connectivity index (χ4v) is 3.68. The lowest BCUT2D eigenvalue weighted by Crippen LogP contribution is -1.95. The van der Waals surface area contributed by atoms with Crippen LogP contribution in [0.15, 0.2) is 48.5 Å². The van der Waals surface area contributed by atoms with Gasteiger partial charge >= 0.3 is 5.97 Å². The molecular formula is C21H21NO2S. The van der Waals surface area contributed by atoms with E-state index >= 15 is 0 Å². The molecule has 1 aromatic heterocycles. The van der Waals surface area contributed by atoms with Gasteiger partial charge < -0.3 is 5.11 Å². The Morgan fingerprint density at radius 3 is 2.48 bits per heavy atom. The number of fused-ring (bicyclic) bond motifs is 1. The summed E-state index contributed by atoms with van der Waals surface area (Å²) >= 11 is 1.61. The number of benzene rings is 2. The predicted molar refractivity (Wildman–Crippen MR) is 105 cm³/mol. The van der Waals surface area contributed by atoms with Crippen molar-refractivity contribution in [1.29, 1.82) is 0 Å². The minimum absolute atomic E-state index is 0.103. The van der Waals surface area contributed by atoms with E-state index in [0.717, 1.165) is 26.4 Å². The number of carbonyl (C=O) groups is 1. The Morgan fingerprint density at radius 1 is 1.12 bits per heavy atom. The lowest BCUT2D eigenvalue weighted by Gasteiger charge is -2.06. The van der Waals surface area contributed by atoms with Crippen LogP contribution in [0.2, 0.25) is 0 Å². The topological polar surface area (TPSA) is 50.2 Å². The molecule has 3 rings (SSSR count). The van der Waals surface area contributed by atoms with Gasteiger partial charge in [-0.1, -0.05) is 50.2 Å². The summed E-state index contributed by atoms with van der Waals surface area (Å²) in [5.41, 5.74) is 4.30. The third-order valence-corrected chi connectivity index (χ3v) is 5.23. The molecule has 0 saturated carbocycles. The first-order chi connectivity index (χ1) is 12.0. The maximum absolute atomic E-state index is 11.0. The van der Waals surface area contributed by atoms with Crippen LogP contribution in [-0.2, 0) is 4.79 Å². The average molecular weight is 351 g/mol. The zero-order valence-electron chi connectivity index (χ0n) is 14.4. The molecule has 4 heteroatoms. The maximum Gasteiger partial charge on any atom is 0.303 e. The van der Waals surface area contributed by atoms with Crippen LogP contribution in [0.5, 0.6) is 0 Å². The molecule has 0 spiro atoms. The molecule has 3 aromatic rings. The van der Waals surface area contributed by atoms with Crippen LogP contribution in [-0.4, -0.2) is 16.1 Å². The summed E-state index contributed by atoms with van der Waals surface area (Å²) in [7, 11) is 0. The van der Waals surface area contributed by atoms with Crippen LogP contribution >= 0.6 is 11.3 Å². The monoisotopic (exact) mass is 351 g/mol. The zero-order chi connectivity index (χ0) is 17.8. The number of hydrogen-bond donors (Lipinski definition) is 1. The van der Waals surface area contributed by atoms with Crippen molar-refractivity contribution in [1.82, 2.24) is 4.98 Å². The van der Waals surface area contributed by atoms with Crippen molar-refractivity contribution in [3.63, 3.8) is 0 Å². The van der Waals surface area contributed by atoms with Crippen molar-refractivity contribution in [2.75, 3.05) is 0 Å². The molecular weight excluding hydrogens is 330 g/mol. The molecule has 0 amide bonds. The molecule has 0 atom stereocenters. The number of hydrogen-bond acceptors (Lipinski definition) is 3. The highest BCUT2D eigenvalue weighted by atomic mass is 32.1. The summed E-state index contributed by atoms with van der Waals surface area (Å²) in [4.78, 5) is 15.7. The van der Waals surface area contributed by atoms with E-state index in [2.05, 4.69) is 44.2 Å². The molecule has 0 aliphatic rings. The van der Waals surface area contributed by atoms with Crippen LogP contribution in [0, 0.1) is 0 Å². The molecule has 0 radical (unpaired) electrons. The van der Waals surface area contributed by atoms with Gasteiger partial charge in [0.25, 0.3) is 0 Å². The van der Waals surface area contributed by atoms with Gasteiger partial charge in [0.05, 0.1) is 10.2 Å². The summed E-state index contributed by atoms with van der Waals surface area (Å²) in [5, 5.41) is 9.97. The molecule has 1 heterocycles. The average Bonchev–Trinajstić information content (AvgIpc) is 3.02. The SMILES string of the molecule is CC(C)c1ccc(/C=C(\CCC(=O)O)c2nc3ccccc3s2)cc1. The zero-order valence-corrected chi connectivity index (χ0v) is 15.2. The van der Waals surface area contributed by atoms with Gasteiger partial charge in [-0.25, -0.2) is 4.98 Å². The number of thiazole rings is 1. The summed E-state index contributed by atoms with van der Waals surface area (Å²) < 4.78 is 1.12. The summed E-state index contributed by atoms with van der Waals surface area (Å²) in [6.07, 6.45) is 2.64. The lowest BCUT2D eigenvalue weighted by atomic mass is 10.0. The minimum atomic E-state index is -0.790. The lowest BCUT2D eigenvalue weighted by molar-refractivity contribution is -0.136. The van der Waals surface area contributed by atoms with Crippen molar-refractivity contribution in [3.8, 4) is 0 Å². The van der Waals surface area contributed by atoms with Gasteiger partial charge in [-0.3, -0.25) is 4.79 Å². The third-order valence-electron chi connectivity index (χ3n) is 4.12. The molecule has 0 bridgehead atoms. The number of carboxylic acid groups (broad SMARTS) is 1. The van der Waals surface area contributed by atoms with E-state index in [-0.39, 0.29) is 6.42 Å². The van der Waals surface area contributed by atoms with E-state index in [1.807, 2.05) is 24.3 Å². The van der Waals surface area contributed by atoms with Gasteiger partial charge in [-0.2, -0.15) is 0 Å². The highest BCUT2D eigenvalue weighted by Crippen LogP contribution is 2.31. The van der Waals surface area contributed by atoms with E-state index in [0.29, 0.717) is 12.3 Å². The highest BCUT2D eigenvalue weighted by Gasteiger charge is 2.11. The Hall–Kier alpha value is -2.46. The van der Waals surface area contributed by atoms with Crippen molar-refractivity contribution in [2.45, 2.75) is 32.6 Å². The maximum atomic E-state index is 11.0. The van der Waals surface area contributed by atoms with Crippen LogP contribution in [0.25, 0.3) is 21.9 Å². The van der Waals surface area contributed by atoms with E-state index in [1.165, 1.54) is 5.56 Å². The smallest absolute Gasteiger partial charge is 0.303 e. The first kappa shape index (κ1) is 17.4. The predicted octanol–water partition coefficient (Wildman–Crippen LogP) is 5.83. The van der Waals surface area contributed by atoms with Gasteiger partial charge in [-0.05, 0) is 47.2 Å². The van der Waals surface area contributed by atoms with Gasteiger partial charge in [0.15, 0.2) is 0 Å². The minimum Gasteiger partial charge on any atom is -0.481 e. The number of aromatic nitrogens is 1. The van der Waals surface area contributed by atoms with Crippen molar-refractivity contribution in [3.05, 3.63) is 64.7 Å². The van der Waals surface area contributed by atoms with Gasteiger partial charge in [-0.15, -0.1) is 11.3 Å². The largest absolute Gasteiger partial charge is 0.481 e. The Labute approximate surface area is 151 Å². The second-order valence-electron chi connectivity index (χ2n) is 6.37. The summed E-state index contributed by atoms with van der Waals surface area (Å²) in [5.74, 6) is -0.295. The molecule has 0 fully saturated rings. The molecule has 0 saturated heterocycles. The van der Waals surface area contributed by atoms with Gasteiger partial charge in [0, 0.05) is 6.42 Å². The number of rotatable bonds is 6.